The number of halogens is 1. The molecule has 112 valence electrons. The maximum atomic E-state index is 10.5. The van der Waals surface area contributed by atoms with Crippen LogP contribution in [0.25, 0.3) is 0 Å². The topological polar surface area (TPSA) is 35.5 Å². The van der Waals surface area contributed by atoms with Gasteiger partial charge in [0.25, 0.3) is 0 Å². The van der Waals surface area contributed by atoms with E-state index < -0.39 is 5.60 Å². The van der Waals surface area contributed by atoms with Crippen molar-refractivity contribution < 1.29 is 5.11 Å². The highest BCUT2D eigenvalue weighted by molar-refractivity contribution is 9.10. The van der Waals surface area contributed by atoms with Gasteiger partial charge in [0.05, 0.1) is 11.3 Å². The molecule has 1 saturated carbocycles. The smallest absolute Gasteiger partial charge is 0.0821 e. The highest BCUT2D eigenvalue weighted by atomic mass is 79.9. The fraction of sp³-hybridized carbons (Fsp3) is 0.625. The van der Waals surface area contributed by atoms with Crippen LogP contribution < -0.4 is 10.2 Å². The van der Waals surface area contributed by atoms with Gasteiger partial charge in [0, 0.05) is 24.1 Å². The van der Waals surface area contributed by atoms with Crippen LogP contribution in [0.3, 0.4) is 0 Å². The zero-order valence-corrected chi connectivity index (χ0v) is 14.2. The average Bonchev–Trinajstić information content (AvgIpc) is 2.83. The van der Waals surface area contributed by atoms with Gasteiger partial charge in [-0.2, -0.15) is 0 Å². The van der Waals surface area contributed by atoms with Crippen LogP contribution in [-0.2, 0) is 0 Å². The lowest BCUT2D eigenvalue weighted by molar-refractivity contribution is 0.0559. The molecule has 0 saturated heterocycles. The summed E-state index contributed by atoms with van der Waals surface area (Å²) in [5.41, 5.74) is 1.89. The van der Waals surface area contributed by atoms with Gasteiger partial charge in [-0.15, -0.1) is 0 Å². The number of nitrogens with one attached hydrogen (secondary N) is 1. The van der Waals surface area contributed by atoms with Gasteiger partial charge in [-0.3, -0.25) is 0 Å². The lowest BCUT2D eigenvalue weighted by Gasteiger charge is -2.31. The molecule has 1 fully saturated rings. The van der Waals surface area contributed by atoms with Crippen molar-refractivity contribution in [2.45, 2.75) is 44.2 Å². The molecular formula is C16H25BrN2O. The largest absolute Gasteiger partial charge is 0.388 e. The Bertz CT molecular complexity index is 458. The number of rotatable bonds is 5. The molecule has 0 heterocycles. The number of nitrogens with zero attached hydrogens (tertiary/aromatic N) is 1. The van der Waals surface area contributed by atoms with E-state index in [9.17, 15) is 5.11 Å². The van der Waals surface area contributed by atoms with Crippen molar-refractivity contribution >= 4 is 21.6 Å². The van der Waals surface area contributed by atoms with Crippen LogP contribution in [0.5, 0.6) is 0 Å². The van der Waals surface area contributed by atoms with E-state index in [1.54, 1.807) is 0 Å². The Balaban J connectivity index is 2.12. The molecule has 0 aliphatic heterocycles. The SMILES string of the molecule is CNC(C)c1ccc(N(C)CC2(O)CCCC2)c(Br)c1. The van der Waals surface area contributed by atoms with Crippen LogP contribution in [0, 0.1) is 0 Å². The van der Waals surface area contributed by atoms with E-state index >= 15 is 0 Å². The Kier molecular flexibility index (Phi) is 5.10. The second-order valence-corrected chi connectivity index (χ2v) is 6.86. The summed E-state index contributed by atoms with van der Waals surface area (Å²) in [4.78, 5) is 2.16. The minimum Gasteiger partial charge on any atom is -0.388 e. The first kappa shape index (κ1) is 15.8. The van der Waals surface area contributed by atoms with Gasteiger partial charge in [0.1, 0.15) is 0 Å². The first-order chi connectivity index (χ1) is 9.45. The molecule has 0 spiro atoms. The van der Waals surface area contributed by atoms with Gasteiger partial charge in [-0.05, 0) is 60.4 Å². The number of benzene rings is 1. The lowest BCUT2D eigenvalue weighted by Crippen LogP contribution is -2.39. The van der Waals surface area contributed by atoms with Crippen LogP contribution >= 0.6 is 15.9 Å². The van der Waals surface area contributed by atoms with E-state index in [2.05, 4.69) is 58.3 Å². The summed E-state index contributed by atoms with van der Waals surface area (Å²) in [6.07, 6.45) is 4.13. The molecule has 1 aliphatic rings. The van der Waals surface area contributed by atoms with Crippen LogP contribution in [-0.4, -0.2) is 31.3 Å². The van der Waals surface area contributed by atoms with E-state index in [-0.39, 0.29) is 0 Å². The second-order valence-electron chi connectivity index (χ2n) is 6.01. The number of hydrogen-bond donors (Lipinski definition) is 2. The van der Waals surface area contributed by atoms with E-state index in [4.69, 9.17) is 0 Å². The normalized spacial score (nSPS) is 19.1. The third kappa shape index (κ3) is 3.54. The third-order valence-electron chi connectivity index (χ3n) is 4.38. The summed E-state index contributed by atoms with van der Waals surface area (Å²) in [7, 11) is 4.02. The highest BCUT2D eigenvalue weighted by Gasteiger charge is 2.32. The number of anilines is 1. The molecule has 0 amide bonds. The Morgan fingerprint density at radius 2 is 2.05 bits per heavy atom. The fourth-order valence-corrected chi connectivity index (χ4v) is 3.69. The Hall–Kier alpha value is -0.580. The standard InChI is InChI=1S/C16H25BrN2O/c1-12(18-2)13-6-7-15(14(17)10-13)19(3)11-16(20)8-4-5-9-16/h6-7,10,12,18,20H,4-5,8-9,11H2,1-3H3. The molecule has 2 rings (SSSR count). The maximum absolute atomic E-state index is 10.5. The number of aliphatic hydroxyl groups is 1. The molecule has 0 bridgehead atoms. The molecule has 1 atom stereocenters. The van der Waals surface area contributed by atoms with E-state index in [1.807, 2.05) is 7.05 Å². The van der Waals surface area contributed by atoms with Crippen molar-refractivity contribution in [1.29, 1.82) is 0 Å². The van der Waals surface area contributed by atoms with Crippen LogP contribution in [0.1, 0.15) is 44.2 Å². The highest BCUT2D eigenvalue weighted by Crippen LogP contribution is 2.34. The van der Waals surface area contributed by atoms with E-state index in [1.165, 1.54) is 5.56 Å². The summed E-state index contributed by atoms with van der Waals surface area (Å²) >= 11 is 3.66. The van der Waals surface area contributed by atoms with Crippen LogP contribution in [0.4, 0.5) is 5.69 Å². The van der Waals surface area contributed by atoms with Gasteiger partial charge < -0.3 is 15.3 Å². The van der Waals surface area contributed by atoms with E-state index in [0.29, 0.717) is 12.6 Å². The zero-order chi connectivity index (χ0) is 14.8. The van der Waals surface area contributed by atoms with Gasteiger partial charge in [-0.1, -0.05) is 18.9 Å². The molecule has 0 aromatic heterocycles. The zero-order valence-electron chi connectivity index (χ0n) is 12.6. The predicted octanol–water partition coefficient (Wildman–Crippen LogP) is 3.47. The average molecular weight is 341 g/mol. The molecule has 2 N–H and O–H groups in total. The van der Waals surface area contributed by atoms with Crippen molar-refractivity contribution in [3.8, 4) is 0 Å². The molecule has 1 aromatic carbocycles. The molecule has 1 aliphatic carbocycles. The lowest BCUT2D eigenvalue weighted by atomic mass is 10.0. The van der Waals surface area contributed by atoms with Gasteiger partial charge in [-0.25, -0.2) is 0 Å². The van der Waals surface area contributed by atoms with Crippen molar-refractivity contribution in [1.82, 2.24) is 5.32 Å². The summed E-state index contributed by atoms with van der Waals surface area (Å²) in [5.74, 6) is 0. The predicted molar refractivity (Wildman–Crippen MR) is 88.3 cm³/mol. The molecule has 0 radical (unpaired) electrons. The minimum absolute atomic E-state index is 0.338. The maximum Gasteiger partial charge on any atom is 0.0821 e. The molecule has 20 heavy (non-hydrogen) atoms. The first-order valence-corrected chi connectivity index (χ1v) is 8.15. The number of hydrogen-bond acceptors (Lipinski definition) is 3. The van der Waals surface area contributed by atoms with Crippen molar-refractivity contribution in [2.75, 3.05) is 25.5 Å². The van der Waals surface area contributed by atoms with Crippen LogP contribution in [0.2, 0.25) is 0 Å². The quantitative estimate of drug-likeness (QED) is 0.861. The fourth-order valence-electron chi connectivity index (χ4n) is 2.99. The Morgan fingerprint density at radius 3 is 2.60 bits per heavy atom. The molecule has 1 aromatic rings. The van der Waals surface area contributed by atoms with Crippen molar-refractivity contribution in [3.63, 3.8) is 0 Å². The molecular weight excluding hydrogens is 316 g/mol. The first-order valence-electron chi connectivity index (χ1n) is 7.35. The van der Waals surface area contributed by atoms with Gasteiger partial charge in [0.15, 0.2) is 0 Å². The van der Waals surface area contributed by atoms with Crippen molar-refractivity contribution in [3.05, 3.63) is 28.2 Å². The third-order valence-corrected chi connectivity index (χ3v) is 5.02. The summed E-state index contributed by atoms with van der Waals surface area (Å²) in [6.45, 7) is 2.85. The Morgan fingerprint density at radius 1 is 1.40 bits per heavy atom. The van der Waals surface area contributed by atoms with Gasteiger partial charge in [0.2, 0.25) is 0 Å². The number of likely N-dealkylation sites (N-methyl/N-ethyl adjacent to an activating group) is 1. The molecule has 3 nitrogen and oxygen atoms in total. The van der Waals surface area contributed by atoms with E-state index in [0.717, 1.165) is 35.8 Å². The summed E-state index contributed by atoms with van der Waals surface area (Å²) in [6, 6.07) is 6.78. The minimum atomic E-state index is -0.509. The summed E-state index contributed by atoms with van der Waals surface area (Å²) in [5, 5.41) is 13.8. The second kappa shape index (κ2) is 6.46. The van der Waals surface area contributed by atoms with Gasteiger partial charge >= 0.3 is 0 Å². The summed E-state index contributed by atoms with van der Waals surface area (Å²) < 4.78 is 1.08. The van der Waals surface area contributed by atoms with Crippen molar-refractivity contribution in [2.24, 2.45) is 0 Å². The van der Waals surface area contributed by atoms with Crippen LogP contribution in [0.15, 0.2) is 22.7 Å². The monoisotopic (exact) mass is 340 g/mol. The Labute approximate surface area is 130 Å². The molecule has 1 unspecified atom stereocenters. The molecule has 4 heteroatoms.